The molecule has 0 spiro atoms. The molecular weight excluding hydrogens is 421 g/mol. The molecule has 1 aliphatic rings. The summed E-state index contributed by atoms with van der Waals surface area (Å²) < 4.78 is 18.7. The summed E-state index contributed by atoms with van der Waals surface area (Å²) in [6.07, 6.45) is 0.714. The molecule has 1 N–H and O–H groups in total. The highest BCUT2D eigenvalue weighted by atomic mass is 19.1. The summed E-state index contributed by atoms with van der Waals surface area (Å²) in [5.41, 5.74) is 3.65. The van der Waals surface area contributed by atoms with Gasteiger partial charge in [0.05, 0.1) is 7.11 Å². The van der Waals surface area contributed by atoms with Crippen LogP contribution in [0.5, 0.6) is 5.75 Å². The molecule has 2 amide bonds. The minimum absolute atomic E-state index is 0.228. The molecule has 3 aromatic rings. The number of aromatic nitrogens is 2. The van der Waals surface area contributed by atoms with Gasteiger partial charge in [0.25, 0.3) is 0 Å². The van der Waals surface area contributed by atoms with Gasteiger partial charge in [-0.25, -0.2) is 19.2 Å². The van der Waals surface area contributed by atoms with E-state index in [-0.39, 0.29) is 11.8 Å². The second-order valence-electron chi connectivity index (χ2n) is 8.10. The third-order valence-electron chi connectivity index (χ3n) is 5.79. The molecule has 2 aromatic carbocycles. The number of ether oxygens (including phenoxy) is 1. The molecular formula is C25H28FN5O2. The molecule has 1 fully saturated rings. The van der Waals surface area contributed by atoms with Gasteiger partial charge in [-0.2, -0.15) is 0 Å². The lowest BCUT2D eigenvalue weighted by Crippen LogP contribution is -2.50. The van der Waals surface area contributed by atoms with Gasteiger partial charge in [0.1, 0.15) is 23.2 Å². The van der Waals surface area contributed by atoms with E-state index >= 15 is 0 Å². The van der Waals surface area contributed by atoms with Gasteiger partial charge in [0, 0.05) is 49.5 Å². The summed E-state index contributed by atoms with van der Waals surface area (Å²) in [5, 5.41) is 2.77. The van der Waals surface area contributed by atoms with Crippen LogP contribution in [-0.2, 0) is 6.42 Å². The Morgan fingerprint density at radius 3 is 2.45 bits per heavy atom. The van der Waals surface area contributed by atoms with Crippen molar-refractivity contribution in [3.63, 3.8) is 0 Å². The largest absolute Gasteiger partial charge is 0.497 e. The Balaban J connectivity index is 1.46. The first-order valence-corrected chi connectivity index (χ1v) is 11.0. The van der Waals surface area contributed by atoms with Crippen molar-refractivity contribution in [3.8, 4) is 5.75 Å². The fraction of sp³-hybridized carbons (Fsp3) is 0.320. The highest BCUT2D eigenvalue weighted by molar-refractivity contribution is 5.89. The number of anilines is 2. The zero-order valence-corrected chi connectivity index (χ0v) is 19.1. The quantitative estimate of drug-likeness (QED) is 0.633. The van der Waals surface area contributed by atoms with Crippen LogP contribution in [0.3, 0.4) is 0 Å². The minimum atomic E-state index is -0.378. The number of carbonyl (C=O) groups is 1. The van der Waals surface area contributed by atoms with Crippen LogP contribution in [0.4, 0.5) is 20.7 Å². The molecule has 0 unspecified atom stereocenters. The van der Waals surface area contributed by atoms with Crippen molar-refractivity contribution in [1.29, 1.82) is 0 Å². The van der Waals surface area contributed by atoms with E-state index < -0.39 is 0 Å². The summed E-state index contributed by atoms with van der Waals surface area (Å²) in [5.74, 6) is 2.09. The fourth-order valence-electron chi connectivity index (χ4n) is 4.02. The van der Waals surface area contributed by atoms with Gasteiger partial charge < -0.3 is 19.9 Å². The van der Waals surface area contributed by atoms with Crippen LogP contribution in [0.25, 0.3) is 0 Å². The Bertz CT molecular complexity index is 1130. The monoisotopic (exact) mass is 449 g/mol. The van der Waals surface area contributed by atoms with Crippen LogP contribution in [0.2, 0.25) is 0 Å². The first kappa shape index (κ1) is 22.5. The normalized spacial score (nSPS) is 13.7. The molecule has 33 heavy (non-hydrogen) atoms. The van der Waals surface area contributed by atoms with Gasteiger partial charge >= 0.3 is 6.03 Å². The number of carbonyl (C=O) groups excluding carboxylic acids is 1. The number of nitrogens with one attached hydrogen (secondary N) is 1. The third kappa shape index (κ3) is 5.39. The van der Waals surface area contributed by atoms with Gasteiger partial charge in [0.2, 0.25) is 0 Å². The molecule has 0 radical (unpaired) electrons. The van der Waals surface area contributed by atoms with E-state index in [1.807, 2.05) is 26.0 Å². The van der Waals surface area contributed by atoms with Crippen molar-refractivity contribution in [2.45, 2.75) is 20.3 Å². The maximum atomic E-state index is 13.4. The number of nitrogens with zero attached hydrogens (tertiary/aromatic N) is 4. The van der Waals surface area contributed by atoms with Crippen LogP contribution in [0, 0.1) is 19.7 Å². The Labute approximate surface area is 193 Å². The molecule has 0 saturated carbocycles. The van der Waals surface area contributed by atoms with Gasteiger partial charge in [-0.3, -0.25) is 0 Å². The second kappa shape index (κ2) is 9.85. The van der Waals surface area contributed by atoms with Crippen LogP contribution in [0.1, 0.15) is 22.6 Å². The zero-order chi connectivity index (χ0) is 23.4. The standard InChI is InChI=1S/C25H28FN5O2/c1-17-23(15-19-7-9-22(33-3)10-8-19)24(28-18(2)27-17)30-11-13-31(14-12-30)25(32)29-21-6-4-5-20(26)16-21/h4-10,16H,11-15H2,1-3H3,(H,29,32). The van der Waals surface area contributed by atoms with E-state index in [1.54, 1.807) is 24.1 Å². The molecule has 0 atom stereocenters. The number of aryl methyl sites for hydroxylation is 2. The third-order valence-corrected chi connectivity index (χ3v) is 5.79. The van der Waals surface area contributed by atoms with E-state index in [1.165, 1.54) is 12.1 Å². The molecule has 1 aromatic heterocycles. The molecule has 172 valence electrons. The molecule has 4 rings (SSSR count). The van der Waals surface area contributed by atoms with Crippen molar-refractivity contribution in [2.75, 3.05) is 43.5 Å². The second-order valence-corrected chi connectivity index (χ2v) is 8.10. The topological polar surface area (TPSA) is 70.6 Å². The number of hydrogen-bond donors (Lipinski definition) is 1. The summed E-state index contributed by atoms with van der Waals surface area (Å²) in [4.78, 5) is 25.9. The van der Waals surface area contributed by atoms with Crippen LogP contribution in [-0.4, -0.2) is 54.2 Å². The fourth-order valence-corrected chi connectivity index (χ4v) is 4.02. The molecule has 8 heteroatoms. The van der Waals surface area contributed by atoms with Crippen molar-refractivity contribution in [2.24, 2.45) is 0 Å². The lowest BCUT2D eigenvalue weighted by molar-refractivity contribution is 0.208. The highest BCUT2D eigenvalue weighted by Gasteiger charge is 2.25. The van der Waals surface area contributed by atoms with Crippen LogP contribution in [0.15, 0.2) is 48.5 Å². The smallest absolute Gasteiger partial charge is 0.321 e. The number of hydrogen-bond acceptors (Lipinski definition) is 5. The number of benzene rings is 2. The molecule has 2 heterocycles. The molecule has 0 bridgehead atoms. The van der Waals surface area contributed by atoms with Gasteiger partial charge in [0.15, 0.2) is 0 Å². The van der Waals surface area contributed by atoms with E-state index in [0.717, 1.165) is 34.2 Å². The first-order chi connectivity index (χ1) is 15.9. The van der Waals surface area contributed by atoms with Crippen molar-refractivity contribution < 1.29 is 13.9 Å². The predicted octanol–water partition coefficient (Wildman–Crippen LogP) is 4.19. The maximum Gasteiger partial charge on any atom is 0.321 e. The zero-order valence-electron chi connectivity index (χ0n) is 19.1. The van der Waals surface area contributed by atoms with Gasteiger partial charge in [-0.05, 0) is 49.7 Å². The van der Waals surface area contributed by atoms with Crippen molar-refractivity contribution >= 4 is 17.5 Å². The average Bonchev–Trinajstić information content (AvgIpc) is 2.81. The van der Waals surface area contributed by atoms with Crippen LogP contribution >= 0.6 is 0 Å². The van der Waals surface area contributed by atoms with E-state index in [4.69, 9.17) is 9.72 Å². The number of piperazine rings is 1. The number of amides is 2. The Morgan fingerprint density at radius 2 is 1.79 bits per heavy atom. The van der Waals surface area contributed by atoms with E-state index in [9.17, 15) is 9.18 Å². The first-order valence-electron chi connectivity index (χ1n) is 11.0. The summed E-state index contributed by atoms with van der Waals surface area (Å²) in [6, 6.07) is 13.7. The maximum absolute atomic E-state index is 13.4. The predicted molar refractivity (Wildman–Crippen MR) is 127 cm³/mol. The van der Waals surface area contributed by atoms with E-state index in [2.05, 4.69) is 27.3 Å². The van der Waals surface area contributed by atoms with Crippen molar-refractivity contribution in [1.82, 2.24) is 14.9 Å². The number of methoxy groups -OCH3 is 1. The molecule has 1 aliphatic heterocycles. The Kier molecular flexibility index (Phi) is 6.72. The summed E-state index contributed by atoms with van der Waals surface area (Å²) in [7, 11) is 1.66. The van der Waals surface area contributed by atoms with Gasteiger partial charge in [-0.15, -0.1) is 0 Å². The van der Waals surface area contributed by atoms with Crippen LogP contribution < -0.4 is 15.0 Å². The minimum Gasteiger partial charge on any atom is -0.497 e. The number of halogens is 1. The SMILES string of the molecule is COc1ccc(Cc2c(C)nc(C)nc2N2CCN(C(=O)Nc3cccc(F)c3)CC2)cc1. The van der Waals surface area contributed by atoms with E-state index in [0.29, 0.717) is 38.3 Å². The lowest BCUT2D eigenvalue weighted by Gasteiger charge is -2.36. The Hall–Kier alpha value is -3.68. The Morgan fingerprint density at radius 1 is 1.06 bits per heavy atom. The lowest BCUT2D eigenvalue weighted by atomic mass is 10.0. The number of rotatable bonds is 5. The highest BCUT2D eigenvalue weighted by Crippen LogP contribution is 2.26. The molecule has 1 saturated heterocycles. The summed E-state index contributed by atoms with van der Waals surface area (Å²) in [6.45, 7) is 6.32. The molecule has 0 aliphatic carbocycles. The summed E-state index contributed by atoms with van der Waals surface area (Å²) >= 11 is 0. The average molecular weight is 450 g/mol. The van der Waals surface area contributed by atoms with Crippen molar-refractivity contribution in [3.05, 3.63) is 77.0 Å². The number of urea groups is 1. The van der Waals surface area contributed by atoms with Gasteiger partial charge in [-0.1, -0.05) is 18.2 Å². The molecule has 7 nitrogen and oxygen atoms in total.